The van der Waals surface area contributed by atoms with Crippen LogP contribution in [0.4, 0.5) is 5.13 Å². The lowest BCUT2D eigenvalue weighted by atomic mass is 10.2. The molecule has 0 bridgehead atoms. The van der Waals surface area contributed by atoms with E-state index in [1.54, 1.807) is 16.3 Å². The number of nitrogens with one attached hydrogen (secondary N) is 1. The van der Waals surface area contributed by atoms with Crippen molar-refractivity contribution in [2.45, 2.75) is 0 Å². The summed E-state index contributed by atoms with van der Waals surface area (Å²) in [6.45, 7) is 0. The molecule has 4 rings (SSSR count). The van der Waals surface area contributed by atoms with Crippen LogP contribution in [0.2, 0.25) is 5.02 Å². The highest BCUT2D eigenvalue weighted by atomic mass is 35.5. The number of hydrogen-bond acceptors (Lipinski definition) is 6. The molecule has 0 aliphatic rings. The van der Waals surface area contributed by atoms with Crippen molar-refractivity contribution in [1.29, 1.82) is 0 Å². The molecule has 0 atom stereocenters. The van der Waals surface area contributed by atoms with Gasteiger partial charge < -0.3 is 0 Å². The van der Waals surface area contributed by atoms with Crippen LogP contribution >= 0.6 is 34.3 Å². The van der Waals surface area contributed by atoms with Crippen LogP contribution in [0, 0.1) is 0 Å². The van der Waals surface area contributed by atoms with Crippen LogP contribution in [0.15, 0.2) is 47.4 Å². The van der Waals surface area contributed by atoms with Gasteiger partial charge in [0.1, 0.15) is 10.7 Å². The molecule has 0 radical (unpaired) electrons. The van der Waals surface area contributed by atoms with E-state index in [1.165, 1.54) is 22.7 Å². The molecule has 1 amide bonds. The summed E-state index contributed by atoms with van der Waals surface area (Å²) in [5.74, 6) is -0.295. The van der Waals surface area contributed by atoms with Crippen LogP contribution in [0.1, 0.15) is 10.5 Å². The zero-order valence-electron chi connectivity index (χ0n) is 13.5. The lowest BCUT2D eigenvalue weighted by Gasteiger charge is -2.00. The third-order valence-corrected chi connectivity index (χ3v) is 5.54. The predicted octanol–water partition coefficient (Wildman–Crippen LogP) is 4.57. The quantitative estimate of drug-likeness (QED) is 0.543. The summed E-state index contributed by atoms with van der Waals surface area (Å²) < 4.78 is 1.70. The number of hydrogen-bond donors (Lipinski definition) is 1. The minimum absolute atomic E-state index is 0.295. The predicted molar refractivity (Wildman–Crippen MR) is 105 cm³/mol. The minimum atomic E-state index is -0.295. The molecule has 0 saturated heterocycles. The molecule has 3 aromatic heterocycles. The van der Waals surface area contributed by atoms with Gasteiger partial charge in [-0.3, -0.25) is 14.8 Å². The van der Waals surface area contributed by atoms with Crippen molar-refractivity contribution < 1.29 is 4.79 Å². The van der Waals surface area contributed by atoms with E-state index in [9.17, 15) is 4.79 Å². The molecule has 4 aromatic rings. The largest absolute Gasteiger partial charge is 0.296 e. The Labute approximate surface area is 162 Å². The van der Waals surface area contributed by atoms with Crippen molar-refractivity contribution in [3.05, 3.63) is 58.1 Å². The van der Waals surface area contributed by atoms with Gasteiger partial charge in [-0.2, -0.15) is 5.10 Å². The van der Waals surface area contributed by atoms with Gasteiger partial charge in [-0.25, -0.2) is 9.97 Å². The first-order valence-electron chi connectivity index (χ1n) is 7.56. The molecule has 26 heavy (non-hydrogen) atoms. The van der Waals surface area contributed by atoms with Crippen molar-refractivity contribution in [3.8, 4) is 21.8 Å². The van der Waals surface area contributed by atoms with Crippen LogP contribution in [-0.2, 0) is 7.05 Å². The highest BCUT2D eigenvalue weighted by Gasteiger charge is 2.15. The molecule has 0 unspecified atom stereocenters. The molecule has 130 valence electrons. The van der Waals surface area contributed by atoms with Gasteiger partial charge >= 0.3 is 0 Å². The molecule has 9 heteroatoms. The summed E-state index contributed by atoms with van der Waals surface area (Å²) in [5, 5.41) is 12.4. The Balaban J connectivity index is 1.51. The van der Waals surface area contributed by atoms with Crippen LogP contribution in [0.5, 0.6) is 0 Å². The number of thiazole rings is 2. The number of benzene rings is 1. The van der Waals surface area contributed by atoms with E-state index in [0.717, 1.165) is 21.8 Å². The van der Waals surface area contributed by atoms with E-state index < -0.39 is 0 Å². The molecule has 1 N–H and O–H groups in total. The zero-order valence-corrected chi connectivity index (χ0v) is 15.9. The number of nitrogens with zero attached hydrogens (tertiary/aromatic N) is 4. The van der Waals surface area contributed by atoms with Gasteiger partial charge in [0.25, 0.3) is 5.91 Å². The highest BCUT2D eigenvalue weighted by molar-refractivity contribution is 7.14. The van der Waals surface area contributed by atoms with Gasteiger partial charge in [0.05, 0.1) is 11.9 Å². The number of aromatic nitrogens is 4. The molecular formula is C17H12ClN5OS2. The lowest BCUT2D eigenvalue weighted by molar-refractivity contribution is 0.102. The number of rotatable bonds is 4. The molecular weight excluding hydrogens is 390 g/mol. The van der Waals surface area contributed by atoms with E-state index in [4.69, 9.17) is 11.6 Å². The third kappa shape index (κ3) is 3.39. The maximum Gasteiger partial charge on any atom is 0.276 e. The second-order valence-electron chi connectivity index (χ2n) is 5.41. The van der Waals surface area contributed by atoms with E-state index >= 15 is 0 Å². The number of carbonyl (C=O) groups is 1. The summed E-state index contributed by atoms with van der Waals surface area (Å²) in [6.07, 6.45) is 3.58. The van der Waals surface area contributed by atoms with Gasteiger partial charge in [0.15, 0.2) is 5.13 Å². The summed E-state index contributed by atoms with van der Waals surface area (Å²) in [7, 11) is 1.84. The van der Waals surface area contributed by atoms with Crippen LogP contribution in [0.25, 0.3) is 21.8 Å². The Morgan fingerprint density at radius 1 is 1.19 bits per heavy atom. The maximum atomic E-state index is 12.4. The van der Waals surface area contributed by atoms with Crippen molar-refractivity contribution >= 4 is 45.3 Å². The molecule has 6 nitrogen and oxygen atoms in total. The first-order valence-corrected chi connectivity index (χ1v) is 9.70. The first-order chi connectivity index (χ1) is 12.6. The topological polar surface area (TPSA) is 72.7 Å². The Morgan fingerprint density at radius 3 is 2.81 bits per heavy atom. The summed E-state index contributed by atoms with van der Waals surface area (Å²) >= 11 is 8.94. The number of amides is 1. The Hall–Kier alpha value is -2.55. The zero-order chi connectivity index (χ0) is 18.1. The average molecular weight is 402 g/mol. The second kappa shape index (κ2) is 6.99. The fraction of sp³-hybridized carbons (Fsp3) is 0.0588. The Morgan fingerprint density at radius 2 is 2.04 bits per heavy atom. The Kier molecular flexibility index (Phi) is 4.54. The molecule has 1 aromatic carbocycles. The standard InChI is InChI=1S/C17H12ClN5OS2/c1-23-7-10(6-19-23)16-20-14(9-25-16)15(24)22-17-21-13(8-26-17)11-4-2-3-5-12(11)18/h2-9H,1H3,(H,21,22,24). The first kappa shape index (κ1) is 16.9. The molecule has 0 aliphatic carbocycles. The highest BCUT2D eigenvalue weighted by Crippen LogP contribution is 2.30. The Bertz CT molecular complexity index is 1080. The number of aryl methyl sites for hydroxylation is 1. The lowest BCUT2D eigenvalue weighted by Crippen LogP contribution is -2.12. The van der Waals surface area contributed by atoms with Crippen molar-refractivity contribution in [2.75, 3.05) is 5.32 Å². The van der Waals surface area contributed by atoms with Gasteiger partial charge in [0.2, 0.25) is 0 Å². The van der Waals surface area contributed by atoms with Gasteiger partial charge in [0, 0.05) is 40.2 Å². The molecule has 3 heterocycles. The van der Waals surface area contributed by atoms with Crippen LogP contribution in [0.3, 0.4) is 0 Å². The molecule has 0 aliphatic heterocycles. The van der Waals surface area contributed by atoms with E-state index in [1.807, 2.05) is 42.9 Å². The molecule has 0 spiro atoms. The van der Waals surface area contributed by atoms with Crippen LogP contribution < -0.4 is 5.32 Å². The van der Waals surface area contributed by atoms with Gasteiger partial charge in [-0.05, 0) is 6.07 Å². The summed E-state index contributed by atoms with van der Waals surface area (Å²) in [4.78, 5) is 21.2. The van der Waals surface area contributed by atoms with Gasteiger partial charge in [-0.1, -0.05) is 29.8 Å². The van der Waals surface area contributed by atoms with E-state index in [2.05, 4.69) is 20.4 Å². The molecule has 0 fully saturated rings. The number of carbonyl (C=O) groups excluding carboxylic acids is 1. The summed E-state index contributed by atoms with van der Waals surface area (Å²) in [6, 6.07) is 7.46. The average Bonchev–Trinajstić information content (AvgIpc) is 3.35. The maximum absolute atomic E-state index is 12.4. The molecule has 0 saturated carbocycles. The summed E-state index contributed by atoms with van der Waals surface area (Å²) in [5.41, 5.74) is 2.79. The van der Waals surface area contributed by atoms with Crippen molar-refractivity contribution in [3.63, 3.8) is 0 Å². The van der Waals surface area contributed by atoms with Crippen molar-refractivity contribution in [1.82, 2.24) is 19.7 Å². The number of halogens is 1. The van der Waals surface area contributed by atoms with Crippen LogP contribution in [-0.4, -0.2) is 25.7 Å². The second-order valence-corrected chi connectivity index (χ2v) is 7.54. The number of anilines is 1. The normalized spacial score (nSPS) is 10.8. The van der Waals surface area contributed by atoms with E-state index in [0.29, 0.717) is 15.8 Å². The monoisotopic (exact) mass is 401 g/mol. The van der Waals surface area contributed by atoms with Gasteiger partial charge in [-0.15, -0.1) is 22.7 Å². The minimum Gasteiger partial charge on any atom is -0.296 e. The van der Waals surface area contributed by atoms with E-state index in [-0.39, 0.29) is 5.91 Å². The third-order valence-electron chi connectivity index (χ3n) is 3.56. The SMILES string of the molecule is Cn1cc(-c2nc(C(=O)Nc3nc(-c4ccccc4Cl)cs3)cs2)cn1. The fourth-order valence-corrected chi connectivity index (χ4v) is 4.04. The fourth-order valence-electron chi connectivity index (χ4n) is 2.33. The van der Waals surface area contributed by atoms with Crippen molar-refractivity contribution in [2.24, 2.45) is 7.05 Å². The smallest absolute Gasteiger partial charge is 0.276 e.